The van der Waals surface area contributed by atoms with Gasteiger partial charge >= 0.3 is 0 Å². The molecule has 0 aliphatic carbocycles. The summed E-state index contributed by atoms with van der Waals surface area (Å²) in [4.78, 5) is 13.0. The second-order valence-corrected chi connectivity index (χ2v) is 5.55. The highest BCUT2D eigenvalue weighted by Crippen LogP contribution is 2.25. The minimum Gasteiger partial charge on any atom is -0.378 e. The Balaban J connectivity index is 1.91. The van der Waals surface area contributed by atoms with E-state index in [4.69, 9.17) is 5.26 Å². The summed E-state index contributed by atoms with van der Waals surface area (Å²) < 4.78 is 0. The summed E-state index contributed by atoms with van der Waals surface area (Å²) in [5, 5.41) is 23.0. The lowest BCUT2D eigenvalue weighted by atomic mass is 9.99. The van der Waals surface area contributed by atoms with Crippen molar-refractivity contribution in [2.45, 2.75) is 19.8 Å². The molecule has 1 saturated heterocycles. The molecular formula is C15H20N4O2. The molecule has 112 valence electrons. The third-order valence-electron chi connectivity index (χ3n) is 3.94. The number of hydrogen-bond donors (Lipinski definition) is 1. The molecule has 1 heterocycles. The van der Waals surface area contributed by atoms with E-state index in [1.165, 1.54) is 18.9 Å². The fraction of sp³-hybridized carbons (Fsp3) is 0.533. The zero-order valence-electron chi connectivity index (χ0n) is 12.2. The molecule has 1 aromatic rings. The molecule has 1 aliphatic heterocycles. The van der Waals surface area contributed by atoms with Gasteiger partial charge in [0.2, 0.25) is 0 Å². The van der Waals surface area contributed by atoms with Gasteiger partial charge in [0.1, 0.15) is 5.69 Å². The molecule has 0 spiro atoms. The van der Waals surface area contributed by atoms with E-state index in [0.717, 1.165) is 25.6 Å². The molecule has 6 heteroatoms. The van der Waals surface area contributed by atoms with Gasteiger partial charge in [-0.25, -0.2) is 0 Å². The summed E-state index contributed by atoms with van der Waals surface area (Å²) in [5.74, 6) is 0.800. The second-order valence-electron chi connectivity index (χ2n) is 5.55. The highest BCUT2D eigenvalue weighted by Gasteiger charge is 2.17. The normalized spacial score (nSPS) is 16.4. The van der Waals surface area contributed by atoms with Crippen LogP contribution in [-0.4, -0.2) is 36.0 Å². The molecule has 1 aromatic carbocycles. The summed E-state index contributed by atoms with van der Waals surface area (Å²) in [6.07, 6.45) is 2.44. The first-order chi connectivity index (χ1) is 10.1. The van der Waals surface area contributed by atoms with Crippen molar-refractivity contribution in [3.63, 3.8) is 0 Å². The van der Waals surface area contributed by atoms with Crippen molar-refractivity contribution in [2.75, 3.05) is 31.5 Å². The molecule has 0 saturated carbocycles. The maximum Gasteiger partial charge on any atom is 0.293 e. The lowest BCUT2D eigenvalue weighted by molar-refractivity contribution is -0.384. The number of piperidine rings is 1. The Hall–Kier alpha value is -2.13. The third kappa shape index (κ3) is 4.17. The average Bonchev–Trinajstić information content (AvgIpc) is 2.49. The maximum absolute atomic E-state index is 11.0. The fourth-order valence-corrected chi connectivity index (χ4v) is 2.54. The standard InChI is InChI=1S/C15H20N4O2/c1-12-4-7-18(8-5-12)9-6-17-14-3-2-13(11-16)10-15(14)19(20)21/h2-3,10,12,17H,4-9H2,1H3. The van der Waals surface area contributed by atoms with Gasteiger partial charge in [-0.05, 0) is 44.0 Å². The van der Waals surface area contributed by atoms with Gasteiger partial charge in [-0.2, -0.15) is 5.26 Å². The van der Waals surface area contributed by atoms with E-state index in [-0.39, 0.29) is 5.69 Å². The monoisotopic (exact) mass is 288 g/mol. The molecule has 1 aliphatic rings. The zero-order chi connectivity index (χ0) is 15.2. The van der Waals surface area contributed by atoms with Gasteiger partial charge in [0.05, 0.1) is 16.6 Å². The molecule has 0 unspecified atom stereocenters. The van der Waals surface area contributed by atoms with Crippen molar-refractivity contribution < 1.29 is 4.92 Å². The van der Waals surface area contributed by atoms with Crippen LogP contribution in [0.25, 0.3) is 0 Å². The van der Waals surface area contributed by atoms with Crippen molar-refractivity contribution in [3.05, 3.63) is 33.9 Å². The van der Waals surface area contributed by atoms with Crippen molar-refractivity contribution >= 4 is 11.4 Å². The number of nitrogens with zero attached hydrogens (tertiary/aromatic N) is 3. The predicted octanol–water partition coefficient (Wildman–Crippen LogP) is 2.61. The van der Waals surface area contributed by atoms with E-state index >= 15 is 0 Å². The molecule has 21 heavy (non-hydrogen) atoms. The Labute approximate surface area is 124 Å². The van der Waals surface area contributed by atoms with E-state index in [9.17, 15) is 10.1 Å². The lowest BCUT2D eigenvalue weighted by Crippen LogP contribution is -2.36. The SMILES string of the molecule is CC1CCN(CCNc2ccc(C#N)cc2[N+](=O)[O-])CC1. The zero-order valence-corrected chi connectivity index (χ0v) is 12.2. The van der Waals surface area contributed by atoms with Crippen LogP contribution in [0.1, 0.15) is 25.3 Å². The highest BCUT2D eigenvalue weighted by atomic mass is 16.6. The number of hydrogen-bond acceptors (Lipinski definition) is 5. The molecule has 6 nitrogen and oxygen atoms in total. The maximum atomic E-state index is 11.0. The van der Waals surface area contributed by atoms with Crippen LogP contribution in [0.4, 0.5) is 11.4 Å². The molecule has 1 N–H and O–H groups in total. The highest BCUT2D eigenvalue weighted by molar-refractivity contribution is 5.64. The Morgan fingerprint density at radius 1 is 1.48 bits per heavy atom. The minimum atomic E-state index is -0.453. The van der Waals surface area contributed by atoms with Crippen LogP contribution >= 0.6 is 0 Å². The minimum absolute atomic E-state index is 0.0404. The van der Waals surface area contributed by atoms with Crippen molar-refractivity contribution in [1.29, 1.82) is 5.26 Å². The second kappa shape index (κ2) is 7.04. The van der Waals surface area contributed by atoms with Gasteiger partial charge in [0.15, 0.2) is 0 Å². The summed E-state index contributed by atoms with van der Waals surface area (Å²) in [6, 6.07) is 6.43. The first-order valence-electron chi connectivity index (χ1n) is 7.25. The number of nitrogens with one attached hydrogen (secondary N) is 1. The van der Waals surface area contributed by atoms with E-state index in [1.807, 2.05) is 6.07 Å². The van der Waals surface area contributed by atoms with Gasteiger partial charge in [-0.15, -0.1) is 0 Å². The van der Waals surface area contributed by atoms with E-state index in [2.05, 4.69) is 17.1 Å². The summed E-state index contributed by atoms with van der Waals surface area (Å²) >= 11 is 0. The Kier molecular flexibility index (Phi) is 5.12. The fourth-order valence-electron chi connectivity index (χ4n) is 2.54. The summed E-state index contributed by atoms with van der Waals surface area (Å²) in [7, 11) is 0. The van der Waals surface area contributed by atoms with Gasteiger partial charge < -0.3 is 10.2 Å². The first-order valence-corrected chi connectivity index (χ1v) is 7.25. The molecular weight excluding hydrogens is 268 g/mol. The topological polar surface area (TPSA) is 82.2 Å². The van der Waals surface area contributed by atoms with Gasteiger partial charge in [-0.1, -0.05) is 6.92 Å². The lowest BCUT2D eigenvalue weighted by Gasteiger charge is -2.30. The molecule has 0 bridgehead atoms. The number of benzene rings is 1. The Bertz CT molecular complexity index is 545. The third-order valence-corrected chi connectivity index (χ3v) is 3.94. The Morgan fingerprint density at radius 2 is 2.19 bits per heavy atom. The van der Waals surface area contributed by atoms with Gasteiger partial charge in [0, 0.05) is 19.2 Å². The molecule has 0 atom stereocenters. The average molecular weight is 288 g/mol. The van der Waals surface area contributed by atoms with Crippen molar-refractivity contribution in [2.24, 2.45) is 5.92 Å². The van der Waals surface area contributed by atoms with Crippen molar-refractivity contribution in [1.82, 2.24) is 4.90 Å². The largest absolute Gasteiger partial charge is 0.378 e. The smallest absolute Gasteiger partial charge is 0.293 e. The molecule has 1 fully saturated rings. The quantitative estimate of drug-likeness (QED) is 0.665. The first kappa shape index (κ1) is 15.3. The molecule has 0 aromatic heterocycles. The van der Waals surface area contributed by atoms with Crippen LogP contribution in [0, 0.1) is 27.4 Å². The van der Waals surface area contributed by atoms with E-state index in [0.29, 0.717) is 17.8 Å². The van der Waals surface area contributed by atoms with E-state index in [1.54, 1.807) is 12.1 Å². The van der Waals surface area contributed by atoms with E-state index < -0.39 is 4.92 Å². The predicted molar refractivity (Wildman–Crippen MR) is 81.1 cm³/mol. The van der Waals surface area contributed by atoms with Crippen LogP contribution < -0.4 is 5.32 Å². The summed E-state index contributed by atoms with van der Waals surface area (Å²) in [6.45, 7) is 6.01. The number of nitriles is 1. The van der Waals surface area contributed by atoms with Gasteiger partial charge in [-0.3, -0.25) is 10.1 Å². The van der Waals surface area contributed by atoms with Crippen LogP contribution in [0.2, 0.25) is 0 Å². The molecule has 0 amide bonds. The van der Waals surface area contributed by atoms with Crippen LogP contribution in [0.5, 0.6) is 0 Å². The van der Waals surface area contributed by atoms with Gasteiger partial charge in [0.25, 0.3) is 5.69 Å². The molecule has 0 radical (unpaired) electrons. The van der Waals surface area contributed by atoms with Crippen LogP contribution in [-0.2, 0) is 0 Å². The Morgan fingerprint density at radius 3 is 2.81 bits per heavy atom. The number of nitro groups is 1. The number of anilines is 1. The summed E-state index contributed by atoms with van der Waals surface area (Å²) in [5.41, 5.74) is 0.739. The van der Waals surface area contributed by atoms with Crippen molar-refractivity contribution in [3.8, 4) is 6.07 Å². The number of likely N-dealkylation sites (tertiary alicyclic amines) is 1. The number of rotatable bonds is 5. The molecule has 2 rings (SSSR count). The van der Waals surface area contributed by atoms with Crippen LogP contribution in [0.15, 0.2) is 18.2 Å². The van der Waals surface area contributed by atoms with Crippen LogP contribution in [0.3, 0.4) is 0 Å². The number of nitro benzene ring substituents is 1.